The molecule has 0 aromatic carbocycles. The quantitative estimate of drug-likeness (QED) is 0.928. The van der Waals surface area contributed by atoms with Gasteiger partial charge in [0.2, 0.25) is 0 Å². The Bertz CT molecular complexity index is 496. The van der Waals surface area contributed by atoms with Crippen LogP contribution in [0.4, 0.5) is 5.69 Å². The number of rotatable bonds is 4. The lowest BCUT2D eigenvalue weighted by atomic mass is 9.76. The van der Waals surface area contributed by atoms with Crippen molar-refractivity contribution < 1.29 is 5.11 Å². The summed E-state index contributed by atoms with van der Waals surface area (Å²) in [5.41, 5.74) is 1.24. The van der Waals surface area contributed by atoms with Gasteiger partial charge >= 0.3 is 0 Å². The van der Waals surface area contributed by atoms with Crippen LogP contribution in [0.5, 0.6) is 0 Å². The smallest absolute Gasteiger partial charge is 0.0999 e. The minimum atomic E-state index is -0.717. The van der Waals surface area contributed by atoms with E-state index in [2.05, 4.69) is 54.6 Å². The molecular formula is C18H31N3O. The third kappa shape index (κ3) is 3.13. The van der Waals surface area contributed by atoms with Crippen LogP contribution in [0.25, 0.3) is 0 Å². The zero-order valence-corrected chi connectivity index (χ0v) is 14.9. The van der Waals surface area contributed by atoms with Crippen LogP contribution < -0.4 is 4.90 Å². The maximum atomic E-state index is 11.2. The van der Waals surface area contributed by atoms with E-state index in [1.165, 1.54) is 0 Å². The van der Waals surface area contributed by atoms with Crippen LogP contribution in [-0.2, 0) is 0 Å². The molecule has 1 aromatic heterocycles. The van der Waals surface area contributed by atoms with Crippen LogP contribution in [0.1, 0.15) is 52.1 Å². The highest BCUT2D eigenvalue weighted by Crippen LogP contribution is 2.36. The second kappa shape index (κ2) is 6.17. The SMILES string of the molecule is CC(C)c1ccc(N2CCC[C@](O)(C(C)(C)N(C)C)C2)cn1. The van der Waals surface area contributed by atoms with Crippen LogP contribution in [0, 0.1) is 0 Å². The number of hydrogen-bond acceptors (Lipinski definition) is 4. The van der Waals surface area contributed by atoms with Gasteiger partial charge in [0, 0.05) is 24.3 Å². The van der Waals surface area contributed by atoms with Gasteiger partial charge in [0.25, 0.3) is 0 Å². The highest BCUT2D eigenvalue weighted by atomic mass is 16.3. The largest absolute Gasteiger partial charge is 0.386 e. The first-order chi connectivity index (χ1) is 10.2. The Morgan fingerprint density at radius 1 is 1.32 bits per heavy atom. The topological polar surface area (TPSA) is 39.6 Å². The number of β-amino-alcohol motifs (C(OH)–C–C–N with tert-alkyl or cyclic N) is 1. The maximum absolute atomic E-state index is 11.2. The van der Waals surface area contributed by atoms with E-state index in [-0.39, 0.29) is 5.54 Å². The first-order valence-electron chi connectivity index (χ1n) is 8.28. The van der Waals surface area contributed by atoms with Gasteiger partial charge in [0.05, 0.1) is 17.5 Å². The maximum Gasteiger partial charge on any atom is 0.0999 e. The van der Waals surface area contributed by atoms with Crippen molar-refractivity contribution in [3.05, 3.63) is 24.0 Å². The summed E-state index contributed by atoms with van der Waals surface area (Å²) in [7, 11) is 4.08. The second-order valence-electron chi connectivity index (χ2n) is 7.61. The van der Waals surface area contributed by atoms with Gasteiger partial charge in [0.15, 0.2) is 0 Å². The van der Waals surface area contributed by atoms with E-state index in [0.29, 0.717) is 12.5 Å². The van der Waals surface area contributed by atoms with Gasteiger partial charge < -0.3 is 14.9 Å². The van der Waals surface area contributed by atoms with Crippen LogP contribution in [0.3, 0.4) is 0 Å². The van der Waals surface area contributed by atoms with Crippen molar-refractivity contribution in [1.29, 1.82) is 0 Å². The lowest BCUT2D eigenvalue weighted by molar-refractivity contribution is -0.0882. The minimum absolute atomic E-state index is 0.267. The van der Waals surface area contributed by atoms with E-state index in [9.17, 15) is 5.11 Å². The van der Waals surface area contributed by atoms with E-state index in [1.807, 2.05) is 20.3 Å². The van der Waals surface area contributed by atoms with Crippen LogP contribution in [-0.4, -0.2) is 53.3 Å². The Morgan fingerprint density at radius 2 is 2.00 bits per heavy atom. The summed E-state index contributed by atoms with van der Waals surface area (Å²) in [6, 6.07) is 4.24. The van der Waals surface area contributed by atoms with E-state index >= 15 is 0 Å². The molecule has 0 saturated carbocycles. The molecule has 2 heterocycles. The number of piperidine rings is 1. The Balaban J connectivity index is 2.20. The summed E-state index contributed by atoms with van der Waals surface area (Å²) in [5.74, 6) is 0.444. The zero-order chi connectivity index (χ0) is 16.5. The molecule has 1 N–H and O–H groups in total. The normalized spacial score (nSPS) is 23.4. The predicted molar refractivity (Wildman–Crippen MR) is 92.5 cm³/mol. The molecule has 1 saturated heterocycles. The molecular weight excluding hydrogens is 274 g/mol. The standard InChI is InChI=1S/C18H31N3O/c1-14(2)16-9-8-15(12-19-16)21-11-7-10-18(22,13-21)17(3,4)20(5)6/h8-9,12,14,22H,7,10-11,13H2,1-6H3/t18-/m1/s1. The first-order valence-corrected chi connectivity index (χ1v) is 8.28. The Hall–Kier alpha value is -1.13. The van der Waals surface area contributed by atoms with Crippen LogP contribution in [0.2, 0.25) is 0 Å². The Morgan fingerprint density at radius 3 is 2.50 bits per heavy atom. The molecule has 0 amide bonds. The third-order valence-corrected chi connectivity index (χ3v) is 5.46. The average Bonchev–Trinajstić information content (AvgIpc) is 2.47. The number of hydrogen-bond donors (Lipinski definition) is 1. The molecule has 1 fully saturated rings. The molecule has 2 rings (SSSR count). The number of likely N-dealkylation sites (N-methyl/N-ethyl adjacent to an activating group) is 1. The number of aromatic nitrogens is 1. The lowest BCUT2D eigenvalue weighted by Gasteiger charge is -2.52. The molecule has 4 heteroatoms. The fourth-order valence-electron chi connectivity index (χ4n) is 3.10. The highest BCUT2D eigenvalue weighted by molar-refractivity contribution is 5.46. The van der Waals surface area contributed by atoms with Crippen molar-refractivity contribution in [1.82, 2.24) is 9.88 Å². The first kappa shape index (κ1) is 17.2. The van der Waals surface area contributed by atoms with Crippen molar-refractivity contribution in [2.24, 2.45) is 0 Å². The molecule has 4 nitrogen and oxygen atoms in total. The molecule has 0 aliphatic carbocycles. The number of anilines is 1. The van der Waals surface area contributed by atoms with Gasteiger partial charge in [-0.1, -0.05) is 13.8 Å². The number of pyridine rings is 1. The minimum Gasteiger partial charge on any atom is -0.386 e. The summed E-state index contributed by atoms with van der Waals surface area (Å²) in [6.07, 6.45) is 3.79. The van der Waals surface area contributed by atoms with Gasteiger partial charge in [-0.3, -0.25) is 4.98 Å². The zero-order valence-electron chi connectivity index (χ0n) is 14.9. The summed E-state index contributed by atoms with van der Waals surface area (Å²) in [4.78, 5) is 8.96. The van der Waals surface area contributed by atoms with E-state index in [1.54, 1.807) is 0 Å². The molecule has 0 bridgehead atoms. The molecule has 22 heavy (non-hydrogen) atoms. The van der Waals surface area contributed by atoms with Crippen LogP contribution in [0.15, 0.2) is 18.3 Å². The second-order valence-corrected chi connectivity index (χ2v) is 7.61. The summed E-state index contributed by atoms with van der Waals surface area (Å²) >= 11 is 0. The van der Waals surface area contributed by atoms with Crippen molar-refractivity contribution in [2.75, 3.05) is 32.1 Å². The third-order valence-electron chi connectivity index (χ3n) is 5.46. The average molecular weight is 305 g/mol. The van der Waals surface area contributed by atoms with Gasteiger partial charge in [-0.25, -0.2) is 0 Å². The molecule has 1 atom stereocenters. The van der Waals surface area contributed by atoms with E-state index in [4.69, 9.17) is 0 Å². The number of aliphatic hydroxyl groups is 1. The van der Waals surface area contributed by atoms with Gasteiger partial charge in [-0.15, -0.1) is 0 Å². The molecule has 0 radical (unpaired) electrons. The van der Waals surface area contributed by atoms with Crippen LogP contribution >= 0.6 is 0 Å². The van der Waals surface area contributed by atoms with Gasteiger partial charge in [-0.2, -0.15) is 0 Å². The fraction of sp³-hybridized carbons (Fsp3) is 0.722. The predicted octanol–water partition coefficient (Wildman–Crippen LogP) is 2.88. The molecule has 1 aromatic rings. The van der Waals surface area contributed by atoms with Crippen molar-refractivity contribution in [2.45, 2.75) is 57.6 Å². The summed E-state index contributed by atoms with van der Waals surface area (Å²) in [5, 5.41) is 11.2. The molecule has 1 aliphatic rings. The van der Waals surface area contributed by atoms with Crippen molar-refractivity contribution in [3.63, 3.8) is 0 Å². The summed E-state index contributed by atoms with van der Waals surface area (Å²) < 4.78 is 0. The van der Waals surface area contributed by atoms with Gasteiger partial charge in [0.1, 0.15) is 0 Å². The van der Waals surface area contributed by atoms with Crippen molar-refractivity contribution >= 4 is 5.69 Å². The van der Waals surface area contributed by atoms with Gasteiger partial charge in [-0.05, 0) is 58.8 Å². The monoisotopic (exact) mass is 305 g/mol. The molecule has 1 aliphatic heterocycles. The number of nitrogens with zero attached hydrogens (tertiary/aromatic N) is 3. The molecule has 0 unspecified atom stereocenters. The Labute approximate surface area is 135 Å². The molecule has 124 valence electrons. The van der Waals surface area contributed by atoms with E-state index in [0.717, 1.165) is 30.8 Å². The molecule has 0 spiro atoms. The van der Waals surface area contributed by atoms with Crippen molar-refractivity contribution in [3.8, 4) is 0 Å². The lowest BCUT2D eigenvalue weighted by Crippen LogP contribution is -2.65. The Kier molecular flexibility index (Phi) is 4.83. The summed E-state index contributed by atoms with van der Waals surface area (Å²) in [6.45, 7) is 10.2. The fourth-order valence-corrected chi connectivity index (χ4v) is 3.10. The van der Waals surface area contributed by atoms with E-state index < -0.39 is 5.60 Å². The highest BCUT2D eigenvalue weighted by Gasteiger charge is 2.47.